The molecule has 1 aromatic rings. The first kappa shape index (κ1) is 11.2. The molecule has 1 unspecified atom stereocenters. The summed E-state index contributed by atoms with van der Waals surface area (Å²) in [6.07, 6.45) is 9.98. The molecular weight excluding hydrogens is 210 g/mol. The Bertz CT molecular complexity index is 357. The highest BCUT2D eigenvalue weighted by Crippen LogP contribution is 2.41. The van der Waals surface area contributed by atoms with Crippen molar-refractivity contribution in [2.24, 2.45) is 5.73 Å². The van der Waals surface area contributed by atoms with Gasteiger partial charge in [-0.3, -0.25) is 4.98 Å². The van der Waals surface area contributed by atoms with E-state index in [0.717, 1.165) is 0 Å². The highest BCUT2D eigenvalue weighted by atomic mass is 15.0. The van der Waals surface area contributed by atoms with Gasteiger partial charge in [-0.1, -0.05) is 6.07 Å². The lowest BCUT2D eigenvalue weighted by Gasteiger charge is -2.27. The summed E-state index contributed by atoms with van der Waals surface area (Å²) in [4.78, 5) is 4.19. The smallest absolute Gasteiger partial charge is 0.0303 e. The Morgan fingerprint density at radius 3 is 2.76 bits per heavy atom. The van der Waals surface area contributed by atoms with Gasteiger partial charge in [-0.2, -0.15) is 0 Å². The molecule has 3 N–H and O–H groups in total. The van der Waals surface area contributed by atoms with Crippen molar-refractivity contribution in [3.05, 3.63) is 30.1 Å². The van der Waals surface area contributed by atoms with Gasteiger partial charge in [0.25, 0.3) is 0 Å². The third-order valence-corrected chi connectivity index (χ3v) is 4.12. The molecule has 0 aromatic carbocycles. The second-order valence-electron chi connectivity index (χ2n) is 5.51. The Kier molecular flexibility index (Phi) is 3.12. The van der Waals surface area contributed by atoms with E-state index in [4.69, 9.17) is 5.73 Å². The van der Waals surface area contributed by atoms with Gasteiger partial charge in [-0.15, -0.1) is 0 Å². The SMILES string of the molecule is NC1CCC(NC2C[C@H]2c2cccnc2)CC1. The summed E-state index contributed by atoms with van der Waals surface area (Å²) < 4.78 is 0. The standard InChI is InChI=1S/C14H21N3/c15-11-3-5-12(6-4-11)17-14-8-13(14)10-2-1-7-16-9-10/h1-2,7,9,11-14,17H,3-6,8,15H2/t11?,12?,13-,14?/m0/s1. The van der Waals surface area contributed by atoms with E-state index in [2.05, 4.69) is 16.4 Å². The summed E-state index contributed by atoms with van der Waals surface area (Å²) in [5, 5.41) is 3.78. The first-order valence-electron chi connectivity index (χ1n) is 6.74. The quantitative estimate of drug-likeness (QED) is 0.834. The lowest BCUT2D eigenvalue weighted by atomic mass is 9.92. The van der Waals surface area contributed by atoms with Crippen LogP contribution in [0.1, 0.15) is 43.6 Å². The normalized spacial score (nSPS) is 36.8. The minimum absolute atomic E-state index is 0.446. The van der Waals surface area contributed by atoms with Crippen molar-refractivity contribution in [2.45, 2.75) is 56.1 Å². The molecule has 17 heavy (non-hydrogen) atoms. The van der Waals surface area contributed by atoms with E-state index < -0.39 is 0 Å². The van der Waals surface area contributed by atoms with Gasteiger partial charge in [0.15, 0.2) is 0 Å². The first-order chi connectivity index (χ1) is 8.33. The second kappa shape index (κ2) is 4.75. The molecule has 2 saturated carbocycles. The highest BCUT2D eigenvalue weighted by Gasteiger charge is 2.39. The summed E-state index contributed by atoms with van der Waals surface area (Å²) in [7, 11) is 0. The third kappa shape index (κ3) is 2.67. The predicted octanol–water partition coefficient (Wildman–Crippen LogP) is 1.80. The van der Waals surface area contributed by atoms with Crippen LogP contribution in [-0.4, -0.2) is 23.1 Å². The van der Waals surface area contributed by atoms with E-state index in [1.165, 1.54) is 37.7 Å². The van der Waals surface area contributed by atoms with Crippen LogP contribution < -0.4 is 11.1 Å². The zero-order valence-corrected chi connectivity index (χ0v) is 10.2. The van der Waals surface area contributed by atoms with E-state index in [9.17, 15) is 0 Å². The molecule has 3 heteroatoms. The van der Waals surface area contributed by atoms with E-state index in [1.54, 1.807) is 0 Å². The summed E-state index contributed by atoms with van der Waals surface area (Å²) in [6.45, 7) is 0. The Balaban J connectivity index is 1.49. The lowest BCUT2D eigenvalue weighted by Crippen LogP contribution is -2.38. The van der Waals surface area contributed by atoms with Gasteiger partial charge in [0.05, 0.1) is 0 Å². The number of aromatic nitrogens is 1. The van der Waals surface area contributed by atoms with Gasteiger partial charge in [0.1, 0.15) is 0 Å². The van der Waals surface area contributed by atoms with E-state index in [0.29, 0.717) is 24.0 Å². The maximum absolute atomic E-state index is 5.93. The Hall–Kier alpha value is -0.930. The molecule has 0 radical (unpaired) electrons. The van der Waals surface area contributed by atoms with Crippen LogP contribution >= 0.6 is 0 Å². The minimum atomic E-state index is 0.446. The fourth-order valence-corrected chi connectivity index (χ4v) is 2.93. The fourth-order valence-electron chi connectivity index (χ4n) is 2.93. The number of nitrogens with one attached hydrogen (secondary N) is 1. The Morgan fingerprint density at radius 1 is 1.24 bits per heavy atom. The molecule has 0 bridgehead atoms. The van der Waals surface area contributed by atoms with Gasteiger partial charge < -0.3 is 11.1 Å². The molecule has 3 nitrogen and oxygen atoms in total. The van der Waals surface area contributed by atoms with Gasteiger partial charge >= 0.3 is 0 Å². The van der Waals surface area contributed by atoms with Gasteiger partial charge in [0, 0.05) is 36.4 Å². The number of pyridine rings is 1. The number of hydrogen-bond donors (Lipinski definition) is 2. The van der Waals surface area contributed by atoms with Crippen LogP contribution in [-0.2, 0) is 0 Å². The maximum Gasteiger partial charge on any atom is 0.0303 e. The summed E-state index contributed by atoms with van der Waals surface area (Å²) in [5.74, 6) is 0.694. The Labute approximate surface area is 103 Å². The maximum atomic E-state index is 5.93. The van der Waals surface area contributed by atoms with Crippen molar-refractivity contribution in [1.29, 1.82) is 0 Å². The highest BCUT2D eigenvalue weighted by molar-refractivity contribution is 5.24. The summed E-state index contributed by atoms with van der Waals surface area (Å²) in [5.41, 5.74) is 7.31. The van der Waals surface area contributed by atoms with Crippen molar-refractivity contribution >= 4 is 0 Å². The van der Waals surface area contributed by atoms with Crippen molar-refractivity contribution in [1.82, 2.24) is 10.3 Å². The third-order valence-electron chi connectivity index (χ3n) is 4.12. The first-order valence-corrected chi connectivity index (χ1v) is 6.74. The number of nitrogens with zero attached hydrogens (tertiary/aromatic N) is 1. The molecule has 2 aliphatic carbocycles. The molecule has 92 valence electrons. The molecule has 2 atom stereocenters. The van der Waals surface area contributed by atoms with Crippen LogP contribution in [0.2, 0.25) is 0 Å². The van der Waals surface area contributed by atoms with Gasteiger partial charge in [-0.25, -0.2) is 0 Å². The molecule has 0 spiro atoms. The molecule has 2 fully saturated rings. The van der Waals surface area contributed by atoms with Crippen LogP contribution in [0, 0.1) is 0 Å². The lowest BCUT2D eigenvalue weighted by molar-refractivity contribution is 0.339. The van der Waals surface area contributed by atoms with E-state index in [-0.39, 0.29) is 0 Å². The predicted molar refractivity (Wildman–Crippen MR) is 68.8 cm³/mol. The topological polar surface area (TPSA) is 50.9 Å². The fraction of sp³-hybridized carbons (Fsp3) is 0.643. The second-order valence-corrected chi connectivity index (χ2v) is 5.51. The van der Waals surface area contributed by atoms with Crippen molar-refractivity contribution in [3.8, 4) is 0 Å². The molecular formula is C14H21N3. The molecule has 1 heterocycles. The average Bonchev–Trinajstić information content (AvgIpc) is 3.13. The molecule has 3 rings (SSSR count). The molecule has 0 amide bonds. The van der Waals surface area contributed by atoms with Crippen LogP contribution in [0.3, 0.4) is 0 Å². The zero-order chi connectivity index (χ0) is 11.7. The van der Waals surface area contributed by atoms with Crippen LogP contribution in [0.15, 0.2) is 24.5 Å². The van der Waals surface area contributed by atoms with Crippen LogP contribution in [0.25, 0.3) is 0 Å². The Morgan fingerprint density at radius 2 is 2.06 bits per heavy atom. The number of nitrogens with two attached hydrogens (primary N) is 1. The molecule has 2 aliphatic rings. The van der Waals surface area contributed by atoms with Crippen molar-refractivity contribution < 1.29 is 0 Å². The van der Waals surface area contributed by atoms with Crippen molar-refractivity contribution in [2.75, 3.05) is 0 Å². The van der Waals surface area contributed by atoms with Crippen molar-refractivity contribution in [3.63, 3.8) is 0 Å². The van der Waals surface area contributed by atoms with Gasteiger partial charge in [-0.05, 0) is 43.7 Å². The molecule has 0 saturated heterocycles. The van der Waals surface area contributed by atoms with Gasteiger partial charge in [0.2, 0.25) is 0 Å². The molecule has 0 aliphatic heterocycles. The average molecular weight is 231 g/mol. The summed E-state index contributed by atoms with van der Waals surface area (Å²) >= 11 is 0. The van der Waals surface area contributed by atoms with E-state index in [1.807, 2.05) is 18.5 Å². The monoisotopic (exact) mass is 231 g/mol. The molecule has 1 aromatic heterocycles. The number of rotatable bonds is 3. The summed E-state index contributed by atoms with van der Waals surface area (Å²) in [6, 6.07) is 6.04. The van der Waals surface area contributed by atoms with Crippen LogP contribution in [0.4, 0.5) is 0 Å². The largest absolute Gasteiger partial charge is 0.328 e. The van der Waals surface area contributed by atoms with E-state index >= 15 is 0 Å². The number of hydrogen-bond acceptors (Lipinski definition) is 3. The zero-order valence-electron chi connectivity index (χ0n) is 10.2. The minimum Gasteiger partial charge on any atom is -0.328 e. The van der Waals surface area contributed by atoms with Crippen LogP contribution in [0.5, 0.6) is 0 Å².